The van der Waals surface area contributed by atoms with Crippen LogP contribution in [0, 0.1) is 6.92 Å². The molecule has 0 saturated carbocycles. The largest absolute Gasteiger partial charge is 0.497 e. The number of aryl methyl sites for hydroxylation is 1. The summed E-state index contributed by atoms with van der Waals surface area (Å²) in [5.74, 6) is 3.06. The summed E-state index contributed by atoms with van der Waals surface area (Å²) >= 11 is 0. The van der Waals surface area contributed by atoms with Gasteiger partial charge in [-0.1, -0.05) is 18.2 Å². The van der Waals surface area contributed by atoms with Gasteiger partial charge in [0.05, 0.1) is 26.3 Å². The van der Waals surface area contributed by atoms with Gasteiger partial charge >= 0.3 is 0 Å². The molecule has 4 N–H and O–H groups in total. The molecule has 162 valence electrons. The molecule has 2 atom stereocenters. The molecule has 0 amide bonds. The van der Waals surface area contributed by atoms with E-state index < -0.39 is 0 Å². The predicted octanol–water partition coefficient (Wildman–Crippen LogP) is 2.44. The third kappa shape index (κ3) is 4.69. The van der Waals surface area contributed by atoms with Crippen molar-refractivity contribution in [3.8, 4) is 11.5 Å². The van der Waals surface area contributed by atoms with Gasteiger partial charge in [0, 0.05) is 18.5 Å². The second-order valence-electron chi connectivity index (χ2n) is 7.76. The van der Waals surface area contributed by atoms with Crippen LogP contribution in [0.1, 0.15) is 35.8 Å². The molecule has 3 aromatic rings. The molecule has 2 aromatic carbocycles. The molecule has 0 radical (unpaired) electrons. The van der Waals surface area contributed by atoms with Gasteiger partial charge < -0.3 is 25.4 Å². The average Bonchev–Trinajstić information content (AvgIpc) is 3.22. The molecule has 0 aliphatic carbocycles. The van der Waals surface area contributed by atoms with Gasteiger partial charge in [-0.3, -0.25) is 0 Å². The van der Waals surface area contributed by atoms with Gasteiger partial charge in [-0.15, -0.1) is 0 Å². The Morgan fingerprint density at radius 3 is 2.71 bits per heavy atom. The van der Waals surface area contributed by atoms with Crippen molar-refractivity contribution in [2.45, 2.75) is 32.4 Å². The highest BCUT2D eigenvalue weighted by Crippen LogP contribution is 2.32. The van der Waals surface area contributed by atoms with Gasteiger partial charge in [-0.25, -0.2) is 0 Å². The topological polar surface area (TPSA) is 99.6 Å². The van der Waals surface area contributed by atoms with E-state index in [9.17, 15) is 0 Å². The summed E-state index contributed by atoms with van der Waals surface area (Å²) in [4.78, 5) is 14.7. The molecule has 4 rings (SSSR count). The van der Waals surface area contributed by atoms with Crippen molar-refractivity contribution in [3.63, 3.8) is 0 Å². The molecule has 8 nitrogen and oxygen atoms in total. The molecule has 0 spiro atoms. The average molecular weight is 422 g/mol. The van der Waals surface area contributed by atoms with Crippen LogP contribution in [-0.2, 0) is 6.54 Å². The third-order valence-electron chi connectivity index (χ3n) is 5.77. The number of likely N-dealkylation sites (tertiary alicyclic amines) is 1. The fourth-order valence-corrected chi connectivity index (χ4v) is 4.22. The molecular formula is C23H29N6O2+. The molecule has 1 fully saturated rings. The maximum Gasteiger partial charge on any atom is 0.232 e. The number of nitrogens with zero attached hydrogens (tertiary/aromatic N) is 3. The van der Waals surface area contributed by atoms with E-state index in [1.54, 1.807) is 14.2 Å². The number of methoxy groups -OCH3 is 2. The van der Waals surface area contributed by atoms with Crippen molar-refractivity contribution in [2.75, 3.05) is 31.8 Å². The molecule has 1 saturated heterocycles. The van der Waals surface area contributed by atoms with Gasteiger partial charge in [0.2, 0.25) is 11.9 Å². The first kappa shape index (κ1) is 20.9. The van der Waals surface area contributed by atoms with Crippen LogP contribution in [0.2, 0.25) is 0 Å². The Labute approximate surface area is 182 Å². The van der Waals surface area contributed by atoms with E-state index in [1.807, 2.05) is 43.3 Å². The van der Waals surface area contributed by atoms with Crippen molar-refractivity contribution >= 4 is 17.6 Å². The molecule has 31 heavy (non-hydrogen) atoms. The Balaban J connectivity index is 1.57. The lowest BCUT2D eigenvalue weighted by atomic mass is 10.0. The monoisotopic (exact) mass is 421 g/mol. The van der Waals surface area contributed by atoms with Gasteiger partial charge in [0.15, 0.2) is 5.82 Å². The van der Waals surface area contributed by atoms with E-state index in [0.717, 1.165) is 47.7 Å². The number of nitrogens with one attached hydrogen (secondary N) is 2. The van der Waals surface area contributed by atoms with Gasteiger partial charge in [0.25, 0.3) is 0 Å². The molecule has 1 aliphatic rings. The molecule has 8 heteroatoms. The first-order valence-corrected chi connectivity index (χ1v) is 10.5. The number of hydrogen-bond acceptors (Lipinski definition) is 7. The normalized spacial score (nSPS) is 18.0. The SMILES string of the molecule is COc1ccc(OC)c([C@@H]2CCC[NH+]2Cc2nc(N)nc(Nc3ccccc3C)n2)c1. The lowest BCUT2D eigenvalue weighted by Gasteiger charge is -2.23. The summed E-state index contributed by atoms with van der Waals surface area (Å²) in [7, 11) is 3.39. The van der Waals surface area contributed by atoms with Crippen molar-refractivity contribution < 1.29 is 14.4 Å². The standard InChI is InChI=1S/C23H28N6O2/c1-15-7-4-5-8-18(15)25-23-27-21(26-22(24)28-23)14-29-12-6-9-19(29)17-13-16(30-2)10-11-20(17)31-3/h4-5,7-8,10-11,13,19H,6,9,12,14H2,1-3H3,(H3,24,25,26,27,28)/p+1/t19-/m0/s1. The molecule has 1 aliphatic heterocycles. The summed E-state index contributed by atoms with van der Waals surface area (Å²) in [6.45, 7) is 3.71. The van der Waals surface area contributed by atoms with Crippen LogP contribution >= 0.6 is 0 Å². The van der Waals surface area contributed by atoms with Crippen LogP contribution in [0.25, 0.3) is 0 Å². The van der Waals surface area contributed by atoms with Crippen LogP contribution < -0.4 is 25.4 Å². The zero-order valence-corrected chi connectivity index (χ0v) is 18.2. The Bertz CT molecular complexity index is 1060. The van der Waals surface area contributed by atoms with Crippen molar-refractivity contribution in [3.05, 3.63) is 59.4 Å². The fraction of sp³-hybridized carbons (Fsp3) is 0.348. The van der Waals surface area contributed by atoms with Gasteiger partial charge in [-0.05, 0) is 36.8 Å². The molecular weight excluding hydrogens is 392 g/mol. The second kappa shape index (κ2) is 9.18. The van der Waals surface area contributed by atoms with Gasteiger partial charge in [0.1, 0.15) is 24.1 Å². The van der Waals surface area contributed by atoms with Gasteiger partial charge in [-0.2, -0.15) is 15.0 Å². The lowest BCUT2D eigenvalue weighted by molar-refractivity contribution is -0.932. The van der Waals surface area contributed by atoms with Crippen LogP contribution in [-0.4, -0.2) is 35.7 Å². The lowest BCUT2D eigenvalue weighted by Crippen LogP contribution is -3.09. The molecule has 1 unspecified atom stereocenters. The molecule has 0 bridgehead atoms. The number of anilines is 3. The smallest absolute Gasteiger partial charge is 0.232 e. The van der Waals surface area contributed by atoms with Crippen LogP contribution in [0.5, 0.6) is 11.5 Å². The van der Waals surface area contributed by atoms with E-state index in [-0.39, 0.29) is 12.0 Å². The summed E-state index contributed by atoms with van der Waals surface area (Å²) in [5.41, 5.74) is 9.21. The number of nitrogens with two attached hydrogens (primary N) is 1. The summed E-state index contributed by atoms with van der Waals surface area (Å²) in [5, 5.41) is 3.27. The minimum atomic E-state index is 0.218. The van der Waals surface area contributed by atoms with E-state index in [1.165, 1.54) is 4.90 Å². The molecule has 1 aromatic heterocycles. The zero-order valence-electron chi connectivity index (χ0n) is 18.2. The number of hydrogen-bond donors (Lipinski definition) is 3. The Morgan fingerprint density at radius 2 is 1.94 bits per heavy atom. The van der Waals surface area contributed by atoms with E-state index in [4.69, 9.17) is 15.2 Å². The summed E-state index contributed by atoms with van der Waals surface area (Å²) in [6, 6.07) is 14.2. The number of benzene rings is 2. The highest BCUT2D eigenvalue weighted by atomic mass is 16.5. The Kier molecular flexibility index (Phi) is 6.18. The minimum Gasteiger partial charge on any atom is -0.497 e. The fourth-order valence-electron chi connectivity index (χ4n) is 4.22. The summed E-state index contributed by atoms with van der Waals surface area (Å²) in [6.07, 6.45) is 2.18. The zero-order chi connectivity index (χ0) is 21.8. The number of ether oxygens (including phenoxy) is 2. The van der Waals surface area contributed by atoms with Crippen LogP contribution in [0.4, 0.5) is 17.6 Å². The van der Waals surface area contributed by atoms with Crippen molar-refractivity contribution in [1.82, 2.24) is 15.0 Å². The van der Waals surface area contributed by atoms with E-state index in [0.29, 0.717) is 18.3 Å². The third-order valence-corrected chi connectivity index (χ3v) is 5.77. The number of rotatable bonds is 7. The maximum absolute atomic E-state index is 6.01. The highest BCUT2D eigenvalue weighted by Gasteiger charge is 2.33. The Hall–Kier alpha value is -3.39. The molecule has 2 heterocycles. The Morgan fingerprint density at radius 1 is 1.10 bits per heavy atom. The number of quaternary nitrogens is 1. The first-order valence-electron chi connectivity index (χ1n) is 10.5. The predicted molar refractivity (Wildman–Crippen MR) is 120 cm³/mol. The van der Waals surface area contributed by atoms with Crippen LogP contribution in [0.3, 0.4) is 0 Å². The quantitative estimate of drug-likeness (QED) is 0.539. The van der Waals surface area contributed by atoms with Crippen molar-refractivity contribution in [2.24, 2.45) is 0 Å². The second-order valence-corrected chi connectivity index (χ2v) is 7.76. The number of aromatic nitrogens is 3. The summed E-state index contributed by atoms with van der Waals surface area (Å²) < 4.78 is 11.1. The van der Waals surface area contributed by atoms with Crippen LogP contribution in [0.15, 0.2) is 42.5 Å². The maximum atomic E-state index is 6.01. The first-order chi connectivity index (χ1) is 15.1. The number of nitrogen functional groups attached to an aromatic ring is 1. The van der Waals surface area contributed by atoms with E-state index in [2.05, 4.69) is 26.3 Å². The number of para-hydroxylation sites is 1. The highest BCUT2D eigenvalue weighted by molar-refractivity contribution is 5.58. The van der Waals surface area contributed by atoms with E-state index >= 15 is 0 Å². The minimum absolute atomic E-state index is 0.218. The van der Waals surface area contributed by atoms with Crippen molar-refractivity contribution in [1.29, 1.82) is 0 Å².